The number of rotatable bonds is 9. The van der Waals surface area contributed by atoms with Crippen molar-refractivity contribution in [2.45, 2.75) is 44.4 Å². The van der Waals surface area contributed by atoms with Crippen molar-refractivity contribution in [1.82, 2.24) is 4.90 Å². The Morgan fingerprint density at radius 3 is 2.59 bits per heavy atom. The lowest BCUT2D eigenvalue weighted by atomic mass is 9.91. The second-order valence-corrected chi connectivity index (χ2v) is 11.8. The van der Waals surface area contributed by atoms with Gasteiger partial charge in [-0.1, -0.05) is 12.1 Å². The quantitative estimate of drug-likeness (QED) is 0.321. The molecule has 7 nitrogen and oxygen atoms in total. The highest BCUT2D eigenvalue weighted by molar-refractivity contribution is 6.09. The fourth-order valence-corrected chi connectivity index (χ4v) is 6.21. The van der Waals surface area contributed by atoms with Crippen LogP contribution in [0.3, 0.4) is 0 Å². The summed E-state index contributed by atoms with van der Waals surface area (Å²) in [6, 6.07) is 13.9. The molecule has 1 amide bonds. The topological polar surface area (TPSA) is 85.2 Å². The molecule has 3 aliphatic heterocycles. The van der Waals surface area contributed by atoms with E-state index in [-0.39, 0.29) is 17.6 Å². The molecule has 0 bridgehead atoms. The average molecular weight is 551 g/mol. The molecule has 0 spiro atoms. The van der Waals surface area contributed by atoms with Crippen LogP contribution in [0, 0.1) is 11.8 Å². The van der Waals surface area contributed by atoms with Crippen molar-refractivity contribution in [1.29, 1.82) is 0 Å². The van der Waals surface area contributed by atoms with E-state index in [9.17, 15) is 14.7 Å². The van der Waals surface area contributed by atoms with Crippen LogP contribution in [0.4, 0.5) is 11.4 Å². The van der Waals surface area contributed by atoms with Gasteiger partial charge in [0.15, 0.2) is 0 Å². The molecule has 1 saturated carbocycles. The first-order valence-electron chi connectivity index (χ1n) is 14.9. The number of nitrogens with one attached hydrogen (secondary N) is 1. The number of carbonyl (C=O) groups is 2. The molecule has 0 radical (unpaired) electrons. The van der Waals surface area contributed by atoms with E-state index < -0.39 is 0 Å². The fourth-order valence-electron chi connectivity index (χ4n) is 6.21. The molecule has 1 atom stereocenters. The molecular formula is C34H38N4O3. The van der Waals surface area contributed by atoms with Crippen molar-refractivity contribution in [3.8, 4) is 5.75 Å². The van der Waals surface area contributed by atoms with E-state index in [2.05, 4.69) is 50.1 Å². The number of Topliss-reactive ketones (excluding diaryl/α,β-unsaturated/α-hetero) is 1. The lowest BCUT2D eigenvalue weighted by Gasteiger charge is -2.33. The molecule has 1 aliphatic carbocycles. The Kier molecular flexibility index (Phi) is 8.17. The van der Waals surface area contributed by atoms with Crippen LogP contribution in [0.25, 0.3) is 0 Å². The fraction of sp³-hybridized carbons (Fsp3) is 0.412. The number of ketones is 1. The number of aliphatic imine (C=N–C) groups is 1. The van der Waals surface area contributed by atoms with Crippen LogP contribution in [0.15, 0.2) is 77.6 Å². The summed E-state index contributed by atoms with van der Waals surface area (Å²) < 4.78 is 0. The predicted octanol–water partition coefficient (Wildman–Crippen LogP) is 5.43. The first-order chi connectivity index (χ1) is 20.0. The minimum absolute atomic E-state index is 0.000146. The van der Waals surface area contributed by atoms with Gasteiger partial charge >= 0.3 is 0 Å². The van der Waals surface area contributed by atoms with Crippen LogP contribution in [-0.4, -0.2) is 60.1 Å². The summed E-state index contributed by atoms with van der Waals surface area (Å²) >= 11 is 0. The lowest BCUT2D eigenvalue weighted by molar-refractivity contribution is -0.122. The molecule has 3 fully saturated rings. The number of amides is 1. The SMILES string of the molecule is O=C(CC1CCN(c2ccc(C3=NC=CC=C=C3)cc2)CC1)CN1CC[C@@H](C(=O)Nc2ccc(O)c(C3CC3)c2)C1. The van der Waals surface area contributed by atoms with Gasteiger partial charge in [0.2, 0.25) is 5.91 Å². The summed E-state index contributed by atoms with van der Waals surface area (Å²) in [5.41, 5.74) is 7.97. The van der Waals surface area contributed by atoms with Crippen molar-refractivity contribution < 1.29 is 14.7 Å². The smallest absolute Gasteiger partial charge is 0.228 e. The zero-order valence-corrected chi connectivity index (χ0v) is 23.5. The molecule has 41 heavy (non-hydrogen) atoms. The Balaban J connectivity index is 0.929. The number of hydrogen-bond acceptors (Lipinski definition) is 6. The van der Waals surface area contributed by atoms with Gasteiger partial charge in [-0.25, -0.2) is 0 Å². The minimum atomic E-state index is -0.116. The molecule has 4 aliphatic rings. The van der Waals surface area contributed by atoms with Crippen LogP contribution >= 0.6 is 0 Å². The Morgan fingerprint density at radius 2 is 1.80 bits per heavy atom. The number of nitrogens with zero attached hydrogens (tertiary/aromatic N) is 3. The molecule has 3 heterocycles. The van der Waals surface area contributed by atoms with Crippen molar-refractivity contribution in [3.63, 3.8) is 0 Å². The highest BCUT2D eigenvalue weighted by Crippen LogP contribution is 2.44. The third kappa shape index (κ3) is 6.87. The molecule has 2 saturated heterocycles. The molecular weight excluding hydrogens is 512 g/mol. The maximum atomic E-state index is 12.9. The average Bonchev–Trinajstić information content (AvgIpc) is 3.78. The maximum absolute atomic E-state index is 12.9. The number of carbonyl (C=O) groups excluding carboxylic acids is 2. The highest BCUT2D eigenvalue weighted by Gasteiger charge is 2.31. The van der Waals surface area contributed by atoms with Crippen LogP contribution in [0.1, 0.15) is 55.6 Å². The highest BCUT2D eigenvalue weighted by atomic mass is 16.3. The van der Waals surface area contributed by atoms with Gasteiger partial charge in [0, 0.05) is 55.3 Å². The van der Waals surface area contributed by atoms with Crippen LogP contribution < -0.4 is 10.2 Å². The Labute approximate surface area is 242 Å². The normalized spacial score (nSPS) is 21.1. The largest absolute Gasteiger partial charge is 0.508 e. The van der Waals surface area contributed by atoms with Gasteiger partial charge in [-0.15, -0.1) is 5.73 Å². The number of allylic oxidation sites excluding steroid dienone is 2. The molecule has 2 aromatic rings. The summed E-state index contributed by atoms with van der Waals surface area (Å²) in [6.07, 6.45) is 13.0. The van der Waals surface area contributed by atoms with E-state index >= 15 is 0 Å². The zero-order valence-electron chi connectivity index (χ0n) is 23.5. The molecule has 2 N–H and O–H groups in total. The van der Waals surface area contributed by atoms with E-state index in [1.165, 1.54) is 5.69 Å². The summed E-state index contributed by atoms with van der Waals surface area (Å²) in [5, 5.41) is 13.1. The van der Waals surface area contributed by atoms with Crippen LogP contribution in [0.5, 0.6) is 5.75 Å². The summed E-state index contributed by atoms with van der Waals surface area (Å²) in [4.78, 5) is 34.8. The Morgan fingerprint density at radius 1 is 1.00 bits per heavy atom. The monoisotopic (exact) mass is 550 g/mol. The van der Waals surface area contributed by atoms with Crippen molar-refractivity contribution in [3.05, 3.63) is 83.8 Å². The van der Waals surface area contributed by atoms with Crippen molar-refractivity contribution in [2.75, 3.05) is 42.9 Å². The first kappa shape index (κ1) is 27.3. The number of anilines is 2. The number of phenolic OH excluding ortho intramolecular Hbond substituents is 1. The van der Waals surface area contributed by atoms with Gasteiger partial charge in [0.05, 0.1) is 18.2 Å². The molecule has 6 rings (SSSR count). The number of likely N-dealkylation sites (tertiary alicyclic amines) is 1. The van der Waals surface area contributed by atoms with Crippen molar-refractivity contribution >= 4 is 28.8 Å². The minimum Gasteiger partial charge on any atom is -0.508 e. The zero-order chi connectivity index (χ0) is 28.2. The number of hydrogen-bond donors (Lipinski definition) is 2. The number of benzene rings is 2. The number of phenols is 1. The van der Waals surface area contributed by atoms with E-state index in [1.54, 1.807) is 18.3 Å². The molecule has 7 heteroatoms. The van der Waals surface area contributed by atoms with E-state index in [0.29, 0.717) is 37.1 Å². The summed E-state index contributed by atoms with van der Waals surface area (Å²) in [7, 11) is 0. The number of piperidine rings is 1. The molecule has 2 aromatic carbocycles. The second-order valence-electron chi connectivity index (χ2n) is 11.8. The van der Waals surface area contributed by atoms with Gasteiger partial charge < -0.3 is 15.3 Å². The van der Waals surface area contributed by atoms with Gasteiger partial charge in [-0.3, -0.25) is 19.5 Å². The van der Waals surface area contributed by atoms with E-state index in [1.807, 2.05) is 24.3 Å². The van der Waals surface area contributed by atoms with E-state index in [0.717, 1.165) is 74.3 Å². The molecule has 212 valence electrons. The molecule has 0 aromatic heterocycles. The van der Waals surface area contributed by atoms with Crippen molar-refractivity contribution in [2.24, 2.45) is 16.8 Å². The summed E-state index contributed by atoms with van der Waals surface area (Å²) in [6.45, 7) is 3.73. The molecule has 0 unspecified atom stereocenters. The Bertz CT molecular complexity index is 1410. The lowest BCUT2D eigenvalue weighted by Crippen LogP contribution is -2.36. The van der Waals surface area contributed by atoms with E-state index in [4.69, 9.17) is 0 Å². The third-order valence-corrected chi connectivity index (χ3v) is 8.73. The standard InChI is InChI=1S/C34H38N4O3/c39-30(23-37-17-15-27(22-37)34(41)36-28-9-12-33(40)31(21-28)25-5-6-25)20-24-13-18-38(19-14-24)29-10-7-26(8-11-29)32-4-2-1-3-16-35-32/h1,3-4,7-12,16,21,24-25,27,40H,5-6,13-15,17-20,22-23H2,(H,36,41)/t27-/m1/s1. The van der Waals surface area contributed by atoms with Gasteiger partial charge in [-0.05, 0) is 98.5 Å². The third-order valence-electron chi connectivity index (χ3n) is 8.73. The summed E-state index contributed by atoms with van der Waals surface area (Å²) in [5.74, 6) is 1.31. The maximum Gasteiger partial charge on any atom is 0.228 e. The van der Waals surface area contributed by atoms with Crippen LogP contribution in [-0.2, 0) is 9.59 Å². The first-order valence-corrected chi connectivity index (χ1v) is 14.9. The second kappa shape index (κ2) is 12.3. The number of aromatic hydroxyl groups is 1. The predicted molar refractivity (Wildman–Crippen MR) is 163 cm³/mol. The van der Waals surface area contributed by atoms with Gasteiger partial charge in [0.25, 0.3) is 0 Å². The van der Waals surface area contributed by atoms with Gasteiger partial charge in [-0.2, -0.15) is 0 Å². The van der Waals surface area contributed by atoms with Gasteiger partial charge in [0.1, 0.15) is 11.5 Å². The Hall–Kier alpha value is -3.93. The van der Waals surface area contributed by atoms with Crippen LogP contribution in [0.2, 0.25) is 0 Å².